The fourth-order valence-corrected chi connectivity index (χ4v) is 4.30. The Bertz CT molecular complexity index is 1310. The molecule has 2 N–H and O–H groups in total. The number of rotatable bonds is 10. The second-order valence-electron chi connectivity index (χ2n) is 8.63. The quantitative estimate of drug-likeness (QED) is 0.248. The smallest absolute Gasteiger partial charge is 0.273 e. The number of nitrogens with two attached hydrogens (primary N) is 1. The Morgan fingerprint density at radius 1 is 1.20 bits per heavy atom. The molecule has 35 heavy (non-hydrogen) atoms. The van der Waals surface area contributed by atoms with Gasteiger partial charge in [-0.3, -0.25) is 24.3 Å². The number of halogens is 1. The average Bonchev–Trinajstić information content (AvgIpc) is 2.83. The van der Waals surface area contributed by atoms with Crippen molar-refractivity contribution in [3.8, 4) is 0 Å². The van der Waals surface area contributed by atoms with Crippen molar-refractivity contribution in [1.82, 2.24) is 14.5 Å². The first-order chi connectivity index (χ1) is 16.6. The van der Waals surface area contributed by atoms with E-state index in [1.54, 1.807) is 56.1 Å². The van der Waals surface area contributed by atoms with E-state index in [0.717, 1.165) is 25.7 Å². The highest BCUT2D eigenvalue weighted by Gasteiger charge is 2.27. The molecule has 1 aromatic heterocycles. The average molecular weight is 500 g/mol. The highest BCUT2D eigenvalue weighted by atomic mass is 35.5. The highest BCUT2D eigenvalue weighted by molar-refractivity contribution is 6.31. The molecule has 10 heteroatoms. The number of carbonyl (C=O) groups is 1. The number of nitro groups is 1. The van der Waals surface area contributed by atoms with Crippen LogP contribution in [0.3, 0.4) is 0 Å². The van der Waals surface area contributed by atoms with E-state index in [-0.39, 0.29) is 22.7 Å². The van der Waals surface area contributed by atoms with Crippen LogP contribution in [-0.2, 0) is 7.05 Å². The second-order valence-corrected chi connectivity index (χ2v) is 9.07. The first-order valence-electron chi connectivity index (χ1n) is 11.6. The molecule has 3 rings (SSSR count). The van der Waals surface area contributed by atoms with Crippen molar-refractivity contribution in [2.45, 2.75) is 45.6 Å². The van der Waals surface area contributed by atoms with Crippen LogP contribution >= 0.6 is 11.6 Å². The molecule has 186 valence electrons. The molecule has 0 aliphatic carbocycles. The molecule has 0 saturated heterocycles. The van der Waals surface area contributed by atoms with E-state index in [1.807, 2.05) is 0 Å². The maximum absolute atomic E-state index is 13.6. The molecule has 0 saturated carbocycles. The Balaban J connectivity index is 2.03. The summed E-state index contributed by atoms with van der Waals surface area (Å²) in [5, 5.41) is 12.3. The number of nitrogens with zero attached hydrogens (tertiary/aromatic N) is 4. The largest absolute Gasteiger partial charge is 0.330 e. The van der Waals surface area contributed by atoms with E-state index in [0.29, 0.717) is 40.4 Å². The van der Waals surface area contributed by atoms with Gasteiger partial charge in [-0.05, 0) is 57.5 Å². The van der Waals surface area contributed by atoms with Gasteiger partial charge in [0.15, 0.2) is 0 Å². The number of amides is 1. The Kier molecular flexibility index (Phi) is 8.58. The second kappa shape index (κ2) is 11.4. The minimum atomic E-state index is -0.571. The van der Waals surface area contributed by atoms with Gasteiger partial charge in [0.05, 0.1) is 21.9 Å². The molecular weight excluding hydrogens is 470 g/mol. The number of aromatic nitrogens is 2. The number of nitro benzene ring substituents is 1. The van der Waals surface area contributed by atoms with Crippen LogP contribution in [0.2, 0.25) is 5.02 Å². The molecular formula is C25H30ClN5O4. The third-order valence-corrected chi connectivity index (χ3v) is 6.42. The van der Waals surface area contributed by atoms with E-state index < -0.39 is 11.0 Å². The molecule has 1 amide bonds. The fourth-order valence-electron chi connectivity index (χ4n) is 4.13. The zero-order valence-corrected chi connectivity index (χ0v) is 20.9. The topological polar surface area (TPSA) is 124 Å². The molecule has 2 aromatic carbocycles. The Morgan fingerprint density at radius 3 is 2.60 bits per heavy atom. The Labute approximate surface area is 208 Å². The van der Waals surface area contributed by atoms with E-state index in [9.17, 15) is 19.7 Å². The van der Waals surface area contributed by atoms with E-state index in [4.69, 9.17) is 17.3 Å². The van der Waals surface area contributed by atoms with Crippen molar-refractivity contribution in [3.05, 3.63) is 78.8 Å². The standard InChI is InChI=1S/C25H30ClN5O4/c1-16-8-9-18(14-22(16)31(34)35)24(32)30(13-7-5-4-6-12-27)17(2)23-28-21-15-19(26)10-11-20(21)25(33)29(23)3/h8-11,14-15,17H,4-7,12-13,27H2,1-3H3. The third kappa shape index (κ3) is 5.86. The van der Waals surface area contributed by atoms with E-state index >= 15 is 0 Å². The molecule has 1 atom stereocenters. The summed E-state index contributed by atoms with van der Waals surface area (Å²) in [4.78, 5) is 43.9. The third-order valence-electron chi connectivity index (χ3n) is 6.18. The molecule has 9 nitrogen and oxygen atoms in total. The lowest BCUT2D eigenvalue weighted by molar-refractivity contribution is -0.385. The molecule has 3 aromatic rings. The monoisotopic (exact) mass is 499 g/mol. The number of hydrogen-bond donors (Lipinski definition) is 1. The summed E-state index contributed by atoms with van der Waals surface area (Å²) >= 11 is 6.12. The summed E-state index contributed by atoms with van der Waals surface area (Å²) in [5.41, 5.74) is 6.37. The lowest BCUT2D eigenvalue weighted by Gasteiger charge is -2.30. The summed E-state index contributed by atoms with van der Waals surface area (Å²) in [6.45, 7) is 4.44. The normalized spacial score (nSPS) is 12.0. The maximum Gasteiger partial charge on any atom is 0.273 e. The molecule has 0 spiro atoms. The van der Waals surface area contributed by atoms with Gasteiger partial charge in [0.1, 0.15) is 5.82 Å². The van der Waals surface area contributed by atoms with E-state index in [1.165, 1.54) is 10.6 Å². The number of benzene rings is 2. The number of fused-ring (bicyclic) bond motifs is 1. The predicted molar refractivity (Wildman–Crippen MR) is 137 cm³/mol. The summed E-state index contributed by atoms with van der Waals surface area (Å²) < 4.78 is 1.44. The number of unbranched alkanes of at least 4 members (excludes halogenated alkanes) is 3. The molecule has 1 heterocycles. The first kappa shape index (κ1) is 26.3. The van der Waals surface area contributed by atoms with Gasteiger partial charge in [0.2, 0.25) is 0 Å². The number of hydrogen-bond acceptors (Lipinski definition) is 6. The zero-order valence-electron chi connectivity index (χ0n) is 20.2. The van der Waals surface area contributed by atoms with Crippen molar-refractivity contribution < 1.29 is 9.72 Å². The number of aryl methyl sites for hydroxylation is 1. The van der Waals surface area contributed by atoms with Crippen LogP contribution in [0.1, 0.15) is 60.4 Å². The summed E-state index contributed by atoms with van der Waals surface area (Å²) in [6, 6.07) is 8.78. The van der Waals surface area contributed by atoms with Crippen LogP contribution < -0.4 is 11.3 Å². The van der Waals surface area contributed by atoms with Gasteiger partial charge in [-0.1, -0.05) is 30.5 Å². The van der Waals surface area contributed by atoms with Gasteiger partial charge in [0.25, 0.3) is 17.2 Å². The van der Waals surface area contributed by atoms with Crippen LogP contribution in [0.5, 0.6) is 0 Å². The van der Waals surface area contributed by atoms with Gasteiger partial charge in [-0.2, -0.15) is 0 Å². The molecule has 0 bridgehead atoms. The van der Waals surface area contributed by atoms with Crippen molar-refractivity contribution in [2.75, 3.05) is 13.1 Å². The van der Waals surface area contributed by atoms with Crippen LogP contribution in [-0.4, -0.2) is 38.4 Å². The summed E-state index contributed by atoms with van der Waals surface area (Å²) in [6.07, 6.45) is 3.43. The maximum atomic E-state index is 13.6. The minimum Gasteiger partial charge on any atom is -0.330 e. The van der Waals surface area contributed by atoms with Gasteiger partial charge in [0, 0.05) is 35.8 Å². The molecule has 0 radical (unpaired) electrons. The fraction of sp³-hybridized carbons (Fsp3) is 0.400. The van der Waals surface area contributed by atoms with Gasteiger partial charge in [-0.15, -0.1) is 0 Å². The van der Waals surface area contributed by atoms with Gasteiger partial charge in [-0.25, -0.2) is 4.98 Å². The highest BCUT2D eigenvalue weighted by Crippen LogP contribution is 2.26. The van der Waals surface area contributed by atoms with Crippen LogP contribution in [0, 0.1) is 17.0 Å². The number of carbonyl (C=O) groups excluding carboxylic acids is 1. The van der Waals surface area contributed by atoms with Crippen LogP contribution in [0.25, 0.3) is 10.9 Å². The summed E-state index contributed by atoms with van der Waals surface area (Å²) in [5.74, 6) is 0.0431. The van der Waals surface area contributed by atoms with Gasteiger partial charge < -0.3 is 10.6 Å². The first-order valence-corrected chi connectivity index (χ1v) is 12.0. The van der Waals surface area contributed by atoms with Crippen molar-refractivity contribution in [3.63, 3.8) is 0 Å². The SMILES string of the molecule is Cc1ccc(C(=O)N(CCCCCCN)C(C)c2nc3cc(Cl)ccc3c(=O)n2C)cc1[N+](=O)[O-]. The summed E-state index contributed by atoms with van der Waals surface area (Å²) in [7, 11) is 1.62. The van der Waals surface area contributed by atoms with Crippen molar-refractivity contribution >= 4 is 34.1 Å². The Morgan fingerprint density at radius 2 is 1.91 bits per heavy atom. The lowest BCUT2D eigenvalue weighted by atomic mass is 10.1. The molecule has 0 aliphatic rings. The van der Waals surface area contributed by atoms with Crippen molar-refractivity contribution in [2.24, 2.45) is 12.8 Å². The minimum absolute atomic E-state index is 0.114. The van der Waals surface area contributed by atoms with Crippen molar-refractivity contribution in [1.29, 1.82) is 0 Å². The molecule has 1 unspecified atom stereocenters. The van der Waals surface area contributed by atoms with Crippen LogP contribution in [0.4, 0.5) is 5.69 Å². The lowest BCUT2D eigenvalue weighted by Crippen LogP contribution is -2.38. The van der Waals surface area contributed by atoms with Crippen LogP contribution in [0.15, 0.2) is 41.2 Å². The molecule has 0 aliphatic heterocycles. The zero-order chi connectivity index (χ0) is 25.7. The van der Waals surface area contributed by atoms with Gasteiger partial charge >= 0.3 is 0 Å². The molecule has 0 fully saturated rings. The van der Waals surface area contributed by atoms with E-state index in [2.05, 4.69) is 4.98 Å². The Hall–Kier alpha value is -3.30. The predicted octanol–water partition coefficient (Wildman–Crippen LogP) is 4.53.